The fourth-order valence-electron chi connectivity index (χ4n) is 3.29. The maximum atomic E-state index is 12.8. The van der Waals surface area contributed by atoms with E-state index in [4.69, 9.17) is 0 Å². The number of hydrogen-bond donors (Lipinski definition) is 2. The van der Waals surface area contributed by atoms with E-state index in [1.165, 1.54) is 0 Å². The molecule has 3 aromatic carbocycles. The van der Waals surface area contributed by atoms with Crippen molar-refractivity contribution in [1.29, 1.82) is 0 Å². The molecule has 0 aliphatic heterocycles. The number of carbonyl (C=O) groups is 1. The highest BCUT2D eigenvalue weighted by Crippen LogP contribution is 2.29. The summed E-state index contributed by atoms with van der Waals surface area (Å²) in [4.78, 5) is 12.8. The van der Waals surface area contributed by atoms with Gasteiger partial charge in [-0.15, -0.1) is 0 Å². The molecule has 0 spiro atoms. The Morgan fingerprint density at radius 2 is 1.47 bits per heavy atom. The van der Waals surface area contributed by atoms with Crippen LogP contribution in [0.1, 0.15) is 36.0 Å². The number of rotatable bonds is 8. The largest absolute Gasteiger partial charge is 0.326 e. The highest BCUT2D eigenvalue weighted by Gasteiger charge is 2.18. The quantitative estimate of drug-likeness (QED) is 0.541. The summed E-state index contributed by atoms with van der Waals surface area (Å²) in [5.41, 5.74) is 4.06. The Kier molecular flexibility index (Phi) is 6.90. The van der Waals surface area contributed by atoms with Crippen molar-refractivity contribution >= 4 is 27.3 Å². The number of anilines is 2. The Morgan fingerprint density at radius 1 is 0.900 bits per heavy atom. The first kappa shape index (κ1) is 21.6. The minimum Gasteiger partial charge on any atom is -0.326 e. The van der Waals surface area contributed by atoms with Crippen molar-refractivity contribution in [2.75, 3.05) is 15.8 Å². The number of amides is 1. The van der Waals surface area contributed by atoms with Gasteiger partial charge in [0.1, 0.15) is 0 Å². The second-order valence-electron chi connectivity index (χ2n) is 7.16. The molecule has 0 aliphatic carbocycles. The second-order valence-corrected chi connectivity index (χ2v) is 9.17. The van der Waals surface area contributed by atoms with Gasteiger partial charge < -0.3 is 5.32 Å². The Balaban J connectivity index is 1.75. The van der Waals surface area contributed by atoms with E-state index >= 15 is 0 Å². The molecule has 0 radical (unpaired) electrons. The first-order chi connectivity index (χ1) is 14.4. The molecule has 156 valence electrons. The predicted molar refractivity (Wildman–Crippen MR) is 122 cm³/mol. The Morgan fingerprint density at radius 3 is 1.97 bits per heavy atom. The lowest BCUT2D eigenvalue weighted by atomic mass is 9.88. The predicted octanol–water partition coefficient (Wildman–Crippen LogP) is 4.92. The average molecular weight is 423 g/mol. The molecular weight excluding hydrogens is 396 g/mol. The lowest BCUT2D eigenvalue weighted by molar-refractivity contribution is -0.116. The number of carbonyl (C=O) groups excluding carboxylic acids is 1. The minimum absolute atomic E-state index is 0.00525. The zero-order chi connectivity index (χ0) is 21.6. The summed E-state index contributed by atoms with van der Waals surface area (Å²) in [6, 6.07) is 25.1. The third-order valence-electron chi connectivity index (χ3n) is 4.95. The van der Waals surface area contributed by atoms with E-state index in [-0.39, 0.29) is 17.6 Å². The van der Waals surface area contributed by atoms with Gasteiger partial charge in [0.05, 0.1) is 11.4 Å². The van der Waals surface area contributed by atoms with Crippen molar-refractivity contribution in [3.05, 3.63) is 95.6 Å². The fraction of sp³-hybridized carbons (Fsp3) is 0.208. The topological polar surface area (TPSA) is 75.3 Å². The number of nitrogens with one attached hydrogen (secondary N) is 2. The summed E-state index contributed by atoms with van der Waals surface area (Å²) >= 11 is 0. The van der Waals surface area contributed by atoms with Crippen LogP contribution in [0.3, 0.4) is 0 Å². The molecule has 30 heavy (non-hydrogen) atoms. The van der Waals surface area contributed by atoms with E-state index < -0.39 is 10.0 Å². The molecule has 0 atom stereocenters. The van der Waals surface area contributed by atoms with Crippen LogP contribution in [0.25, 0.3) is 0 Å². The van der Waals surface area contributed by atoms with Crippen molar-refractivity contribution in [3.63, 3.8) is 0 Å². The van der Waals surface area contributed by atoms with Gasteiger partial charge in [-0.05, 0) is 48.7 Å². The van der Waals surface area contributed by atoms with Crippen molar-refractivity contribution in [1.82, 2.24) is 0 Å². The van der Waals surface area contributed by atoms with Gasteiger partial charge in [0, 0.05) is 18.0 Å². The van der Waals surface area contributed by atoms with Gasteiger partial charge in [-0.2, -0.15) is 0 Å². The van der Waals surface area contributed by atoms with Crippen LogP contribution in [0.4, 0.5) is 11.4 Å². The van der Waals surface area contributed by atoms with Gasteiger partial charge >= 0.3 is 0 Å². The molecule has 0 saturated heterocycles. The van der Waals surface area contributed by atoms with E-state index in [1.807, 2.05) is 60.7 Å². The van der Waals surface area contributed by atoms with Crippen molar-refractivity contribution in [2.45, 2.75) is 26.2 Å². The number of aryl methyl sites for hydroxylation is 1. The molecule has 6 heteroatoms. The zero-order valence-corrected chi connectivity index (χ0v) is 17.9. The van der Waals surface area contributed by atoms with Gasteiger partial charge in [0.15, 0.2) is 0 Å². The lowest BCUT2D eigenvalue weighted by Crippen LogP contribution is -2.17. The Labute approximate surface area is 178 Å². The summed E-state index contributed by atoms with van der Waals surface area (Å²) in [5, 5.41) is 2.94. The van der Waals surface area contributed by atoms with Crippen molar-refractivity contribution in [2.24, 2.45) is 0 Å². The van der Waals surface area contributed by atoms with E-state index in [0.29, 0.717) is 17.8 Å². The van der Waals surface area contributed by atoms with Crippen LogP contribution >= 0.6 is 0 Å². The van der Waals surface area contributed by atoms with Crippen LogP contribution in [0.2, 0.25) is 0 Å². The maximum absolute atomic E-state index is 12.8. The zero-order valence-electron chi connectivity index (χ0n) is 17.1. The van der Waals surface area contributed by atoms with Gasteiger partial charge in [0.2, 0.25) is 15.9 Å². The molecule has 0 aromatic heterocycles. The van der Waals surface area contributed by atoms with E-state index in [2.05, 4.69) is 10.0 Å². The second kappa shape index (κ2) is 9.59. The molecule has 0 fully saturated rings. The van der Waals surface area contributed by atoms with Gasteiger partial charge in [-0.1, -0.05) is 60.7 Å². The summed E-state index contributed by atoms with van der Waals surface area (Å²) in [6.07, 6.45) is 0.303. The highest BCUT2D eigenvalue weighted by molar-refractivity contribution is 7.92. The van der Waals surface area contributed by atoms with Gasteiger partial charge in [0.25, 0.3) is 0 Å². The Hall–Kier alpha value is -3.12. The van der Waals surface area contributed by atoms with Crippen LogP contribution in [0.15, 0.2) is 78.9 Å². The highest BCUT2D eigenvalue weighted by atomic mass is 32.2. The van der Waals surface area contributed by atoms with Crippen LogP contribution in [0.5, 0.6) is 0 Å². The number of benzene rings is 3. The normalized spacial score (nSPS) is 11.3. The number of hydrogen-bond acceptors (Lipinski definition) is 3. The van der Waals surface area contributed by atoms with Crippen LogP contribution in [-0.2, 0) is 14.8 Å². The van der Waals surface area contributed by atoms with Crippen LogP contribution in [0, 0.1) is 6.92 Å². The number of sulfonamides is 1. The molecule has 5 nitrogen and oxygen atoms in total. The van der Waals surface area contributed by atoms with Crippen LogP contribution < -0.4 is 10.0 Å². The van der Waals surface area contributed by atoms with E-state index in [0.717, 1.165) is 16.7 Å². The molecule has 0 saturated carbocycles. The third-order valence-corrected chi connectivity index (χ3v) is 6.24. The van der Waals surface area contributed by atoms with E-state index in [1.54, 1.807) is 32.0 Å². The first-order valence-corrected chi connectivity index (χ1v) is 11.5. The third kappa shape index (κ3) is 5.70. The lowest BCUT2D eigenvalue weighted by Gasteiger charge is -2.18. The molecule has 2 N–H and O–H groups in total. The van der Waals surface area contributed by atoms with Crippen molar-refractivity contribution in [3.8, 4) is 0 Å². The molecule has 3 aromatic rings. The molecule has 0 unspecified atom stereocenters. The van der Waals surface area contributed by atoms with Crippen LogP contribution in [-0.4, -0.2) is 20.1 Å². The molecular formula is C24H26N2O3S. The molecule has 3 rings (SSSR count). The van der Waals surface area contributed by atoms with E-state index in [9.17, 15) is 13.2 Å². The molecule has 1 amide bonds. The van der Waals surface area contributed by atoms with Gasteiger partial charge in [-0.3, -0.25) is 9.52 Å². The standard InChI is InChI=1S/C24H26N2O3S/c1-3-30(28,29)26-23-15-14-21(16-18(23)2)25-24(27)17-22(19-10-6-4-7-11-19)20-12-8-5-9-13-20/h4-16,22,26H,3,17H2,1-2H3,(H,25,27). The maximum Gasteiger partial charge on any atom is 0.232 e. The average Bonchev–Trinajstić information content (AvgIpc) is 2.75. The SMILES string of the molecule is CCS(=O)(=O)Nc1ccc(NC(=O)CC(c2ccccc2)c2ccccc2)cc1C. The molecule has 0 bridgehead atoms. The fourth-order valence-corrected chi connectivity index (χ4v) is 4.00. The smallest absolute Gasteiger partial charge is 0.232 e. The summed E-state index contributed by atoms with van der Waals surface area (Å²) in [6.45, 7) is 3.39. The van der Waals surface area contributed by atoms with Crippen molar-refractivity contribution < 1.29 is 13.2 Å². The summed E-state index contributed by atoms with van der Waals surface area (Å²) in [7, 11) is -3.35. The monoisotopic (exact) mass is 422 g/mol. The Bertz CT molecular complexity index is 1060. The molecule has 0 aliphatic rings. The summed E-state index contributed by atoms with van der Waals surface area (Å²) in [5.74, 6) is -0.149. The molecule has 0 heterocycles. The first-order valence-electron chi connectivity index (χ1n) is 9.89. The summed E-state index contributed by atoms with van der Waals surface area (Å²) < 4.78 is 26.1. The minimum atomic E-state index is -3.35. The van der Waals surface area contributed by atoms with Gasteiger partial charge in [-0.25, -0.2) is 8.42 Å².